The first-order valence-corrected chi connectivity index (χ1v) is 13.1. The Morgan fingerprint density at radius 2 is 1.83 bits per heavy atom. The van der Waals surface area contributed by atoms with Gasteiger partial charge in [0.25, 0.3) is 5.91 Å². The number of hydrogen-bond acceptors (Lipinski definition) is 8. The Morgan fingerprint density at radius 3 is 2.46 bits per heavy atom. The number of carbonyl (C=O) groups excluding carboxylic acids is 2. The molecule has 186 valence electrons. The highest BCUT2D eigenvalue weighted by molar-refractivity contribution is 7.89. The van der Waals surface area contributed by atoms with Gasteiger partial charge in [0.15, 0.2) is 16.3 Å². The summed E-state index contributed by atoms with van der Waals surface area (Å²) in [6.45, 7) is 5.46. The second-order valence-electron chi connectivity index (χ2n) is 8.01. The third-order valence-electron chi connectivity index (χ3n) is 5.47. The van der Waals surface area contributed by atoms with E-state index in [1.807, 2.05) is 0 Å². The number of aromatic nitrogens is 1. The molecule has 0 N–H and O–H groups in total. The first-order chi connectivity index (χ1) is 16.6. The molecule has 1 amide bonds. The number of esters is 1. The minimum atomic E-state index is -3.67. The largest absolute Gasteiger partial charge is 0.465 e. The second-order valence-corrected chi connectivity index (χ2v) is 11.0. The molecule has 4 rings (SSSR count). The average molecular weight is 520 g/mol. The van der Waals surface area contributed by atoms with E-state index in [1.54, 1.807) is 37.5 Å². The van der Waals surface area contributed by atoms with Crippen LogP contribution in [0.3, 0.4) is 0 Å². The summed E-state index contributed by atoms with van der Waals surface area (Å²) >= 11 is 1.22. The number of ether oxygens (including phenoxy) is 3. The van der Waals surface area contributed by atoms with Crippen molar-refractivity contribution >= 4 is 43.5 Å². The molecule has 3 aromatic rings. The Labute approximate surface area is 206 Å². The molecule has 2 heterocycles. The Hall–Kier alpha value is -3.22. The fraction of sp³-hybridized carbons (Fsp3) is 0.348. The number of sulfonamides is 1. The van der Waals surface area contributed by atoms with Crippen LogP contribution in [-0.4, -0.2) is 55.7 Å². The van der Waals surface area contributed by atoms with Gasteiger partial charge in [0, 0.05) is 30.8 Å². The fourth-order valence-corrected chi connectivity index (χ4v) is 5.80. The van der Waals surface area contributed by atoms with Crippen molar-refractivity contribution in [3.8, 4) is 11.5 Å². The highest BCUT2D eigenvalue weighted by atomic mass is 32.2. The topological polar surface area (TPSA) is 117 Å². The molecule has 0 fully saturated rings. The molecule has 0 saturated carbocycles. The normalized spacial score (nSPS) is 13.7. The van der Waals surface area contributed by atoms with Crippen LogP contribution in [0.2, 0.25) is 0 Å². The molecule has 1 aliphatic rings. The summed E-state index contributed by atoms with van der Waals surface area (Å²) in [6.07, 6.45) is 0. The second kappa shape index (κ2) is 9.80. The summed E-state index contributed by atoms with van der Waals surface area (Å²) in [4.78, 5) is 29.8. The van der Waals surface area contributed by atoms with Crippen molar-refractivity contribution in [1.29, 1.82) is 0 Å². The fourth-order valence-electron chi connectivity index (χ4n) is 3.40. The van der Waals surface area contributed by atoms with Gasteiger partial charge in [-0.1, -0.05) is 11.3 Å². The lowest BCUT2D eigenvalue weighted by Crippen LogP contribution is -2.33. The van der Waals surface area contributed by atoms with E-state index in [-0.39, 0.29) is 41.2 Å². The zero-order valence-electron chi connectivity index (χ0n) is 19.7. The molecular formula is C23H25N3O7S2. The lowest BCUT2D eigenvalue weighted by atomic mass is 10.2. The molecule has 10 nitrogen and oxygen atoms in total. The molecule has 0 aliphatic carbocycles. The van der Waals surface area contributed by atoms with E-state index in [4.69, 9.17) is 14.2 Å². The highest BCUT2D eigenvalue weighted by Gasteiger charge is 2.23. The minimum absolute atomic E-state index is 0.0824. The maximum absolute atomic E-state index is 13.0. The zero-order chi connectivity index (χ0) is 25.3. The van der Waals surface area contributed by atoms with Crippen molar-refractivity contribution in [2.75, 3.05) is 20.4 Å². The van der Waals surface area contributed by atoms with E-state index in [0.717, 1.165) is 4.70 Å². The van der Waals surface area contributed by atoms with Gasteiger partial charge in [-0.2, -0.15) is 9.30 Å². The van der Waals surface area contributed by atoms with Gasteiger partial charge < -0.3 is 18.8 Å². The van der Waals surface area contributed by atoms with E-state index in [0.29, 0.717) is 17.0 Å². The first kappa shape index (κ1) is 24.9. The smallest absolute Gasteiger partial charge is 0.326 e. The molecule has 0 spiro atoms. The van der Waals surface area contributed by atoms with Gasteiger partial charge in [0.2, 0.25) is 16.8 Å². The van der Waals surface area contributed by atoms with E-state index < -0.39 is 21.9 Å². The summed E-state index contributed by atoms with van der Waals surface area (Å²) in [5, 5.41) is 0. The number of amides is 1. The third-order valence-corrected chi connectivity index (χ3v) is 8.56. The molecule has 12 heteroatoms. The summed E-state index contributed by atoms with van der Waals surface area (Å²) in [6, 6.07) is 8.91. The Morgan fingerprint density at radius 1 is 1.17 bits per heavy atom. The molecule has 35 heavy (non-hydrogen) atoms. The lowest BCUT2D eigenvalue weighted by Gasteiger charge is -2.20. The third kappa shape index (κ3) is 4.95. The van der Waals surface area contributed by atoms with Crippen molar-refractivity contribution in [3.05, 3.63) is 46.8 Å². The summed E-state index contributed by atoms with van der Waals surface area (Å²) < 4.78 is 44.9. The number of hydrogen-bond donors (Lipinski definition) is 0. The highest BCUT2D eigenvalue weighted by Crippen LogP contribution is 2.37. The van der Waals surface area contributed by atoms with Crippen molar-refractivity contribution in [1.82, 2.24) is 8.87 Å². The van der Waals surface area contributed by atoms with E-state index in [1.165, 1.54) is 47.0 Å². The van der Waals surface area contributed by atoms with Crippen LogP contribution in [0.5, 0.6) is 11.5 Å². The van der Waals surface area contributed by atoms with Crippen LogP contribution < -0.4 is 14.3 Å². The predicted molar refractivity (Wildman–Crippen MR) is 129 cm³/mol. The lowest BCUT2D eigenvalue weighted by molar-refractivity contribution is -0.143. The van der Waals surface area contributed by atoms with Crippen molar-refractivity contribution in [2.45, 2.75) is 38.3 Å². The van der Waals surface area contributed by atoms with Gasteiger partial charge in [0.1, 0.15) is 6.54 Å². The summed E-state index contributed by atoms with van der Waals surface area (Å²) in [5.74, 6) is 0.0648. The Kier molecular flexibility index (Phi) is 6.97. The zero-order valence-corrected chi connectivity index (χ0v) is 21.3. The maximum atomic E-state index is 13.0. The summed E-state index contributed by atoms with van der Waals surface area (Å²) in [5.41, 5.74) is 0.863. The monoisotopic (exact) mass is 519 g/mol. The van der Waals surface area contributed by atoms with Gasteiger partial charge in [-0.3, -0.25) is 9.59 Å². The summed E-state index contributed by atoms with van der Waals surface area (Å²) in [7, 11) is -2.17. The minimum Gasteiger partial charge on any atom is -0.465 e. The van der Waals surface area contributed by atoms with Crippen LogP contribution in [0.25, 0.3) is 10.2 Å². The van der Waals surface area contributed by atoms with Gasteiger partial charge in [0.05, 0.1) is 21.7 Å². The van der Waals surface area contributed by atoms with Crippen molar-refractivity contribution in [3.63, 3.8) is 0 Å². The van der Waals surface area contributed by atoms with Gasteiger partial charge in [-0.15, -0.1) is 0 Å². The van der Waals surface area contributed by atoms with Crippen LogP contribution in [0.1, 0.15) is 31.1 Å². The molecule has 0 bridgehead atoms. The molecular weight excluding hydrogens is 494 g/mol. The number of nitrogens with zero attached hydrogens (tertiary/aromatic N) is 3. The van der Waals surface area contributed by atoms with Crippen molar-refractivity contribution in [2.24, 2.45) is 4.99 Å². The number of rotatable bonds is 7. The molecule has 0 radical (unpaired) electrons. The van der Waals surface area contributed by atoms with Gasteiger partial charge >= 0.3 is 5.97 Å². The van der Waals surface area contributed by atoms with Crippen LogP contribution in [0, 0.1) is 0 Å². The van der Waals surface area contributed by atoms with Crippen LogP contribution in [-0.2, 0) is 26.1 Å². The number of carbonyl (C=O) groups is 2. The number of thiazole rings is 1. The predicted octanol–water partition coefficient (Wildman–Crippen LogP) is 2.76. The number of fused-ring (bicyclic) bond motifs is 2. The molecule has 0 atom stereocenters. The van der Waals surface area contributed by atoms with Crippen molar-refractivity contribution < 1.29 is 32.2 Å². The standard InChI is InChI=1S/C23H25N3O7S2/c1-5-31-21(27)12-26-17-10-18-19(33-13-32-18)11-20(17)34-23(26)24-22(28)15-6-8-16(9-7-15)35(29,30)25(4)14(2)3/h6-11,14H,5,12-13H2,1-4H3. The molecule has 1 aliphatic heterocycles. The van der Waals surface area contributed by atoms with E-state index in [2.05, 4.69) is 4.99 Å². The Balaban J connectivity index is 1.72. The molecule has 1 aromatic heterocycles. The first-order valence-electron chi connectivity index (χ1n) is 10.9. The molecule has 0 unspecified atom stereocenters. The Bertz CT molecular complexity index is 1450. The van der Waals surface area contributed by atoms with Crippen LogP contribution >= 0.6 is 11.3 Å². The van der Waals surface area contributed by atoms with Gasteiger partial charge in [-0.05, 0) is 45.0 Å². The van der Waals surface area contributed by atoms with Gasteiger partial charge in [-0.25, -0.2) is 8.42 Å². The van der Waals surface area contributed by atoms with Crippen LogP contribution in [0.4, 0.5) is 0 Å². The maximum Gasteiger partial charge on any atom is 0.326 e. The van der Waals surface area contributed by atoms with Crippen LogP contribution in [0.15, 0.2) is 46.3 Å². The van der Waals surface area contributed by atoms with E-state index in [9.17, 15) is 18.0 Å². The SMILES string of the molecule is CCOC(=O)Cn1c(=NC(=O)c2ccc(S(=O)(=O)N(C)C(C)C)cc2)sc2cc3c(cc21)OCO3. The number of benzene rings is 2. The van der Waals surface area contributed by atoms with E-state index >= 15 is 0 Å². The molecule has 0 saturated heterocycles. The quantitative estimate of drug-likeness (QED) is 0.441. The average Bonchev–Trinajstić information content (AvgIpc) is 3.41. The molecule has 2 aromatic carbocycles.